The smallest absolute Gasteiger partial charge is 0.387 e. The molecule has 0 aliphatic carbocycles. The van der Waals surface area contributed by atoms with Gasteiger partial charge in [0, 0.05) is 12.7 Å². The Morgan fingerprint density at radius 3 is 2.43 bits per heavy atom. The molecule has 0 spiro atoms. The van der Waals surface area contributed by atoms with Crippen molar-refractivity contribution in [3.05, 3.63) is 82.6 Å². The Labute approximate surface area is 157 Å². The highest BCUT2D eigenvalue weighted by molar-refractivity contribution is 6.06. The first-order chi connectivity index (χ1) is 13.1. The number of carbonyl (C=O) groups excluding carboxylic acids is 1. The number of aryl methyl sites for hydroxylation is 1. The summed E-state index contributed by atoms with van der Waals surface area (Å²) in [6.45, 7) is 1.51. The maximum Gasteiger partial charge on any atom is 0.416 e. The second-order valence-electron chi connectivity index (χ2n) is 5.81. The van der Waals surface area contributed by atoms with E-state index in [1.54, 1.807) is 6.92 Å². The van der Waals surface area contributed by atoms with Gasteiger partial charge in [0.2, 0.25) is 0 Å². The standard InChI is InChI=1S/C19H16F5N3O/c1-11-5-6-13(19(22,23)24)12(9-11)10-26-8-7-16(25)27-18(28)17-14(20)3-2-4-15(17)21/h2-9,26H,10H2,1H3,(H2,25,27,28)/b8-7-. The van der Waals surface area contributed by atoms with Gasteiger partial charge in [-0.1, -0.05) is 23.8 Å². The Morgan fingerprint density at radius 1 is 1.18 bits per heavy atom. The number of hydrogen-bond acceptors (Lipinski definition) is 2. The van der Waals surface area contributed by atoms with Crippen molar-refractivity contribution in [1.29, 1.82) is 0 Å². The van der Waals surface area contributed by atoms with Gasteiger partial charge in [0.1, 0.15) is 23.0 Å². The molecule has 0 saturated heterocycles. The van der Waals surface area contributed by atoms with Crippen LogP contribution >= 0.6 is 0 Å². The Morgan fingerprint density at radius 2 is 1.82 bits per heavy atom. The fourth-order valence-electron chi connectivity index (χ4n) is 2.37. The fourth-order valence-corrected chi connectivity index (χ4v) is 2.37. The Bertz CT molecular complexity index is 915. The number of aliphatic imine (C=N–C) groups is 1. The van der Waals surface area contributed by atoms with Crippen molar-refractivity contribution < 1.29 is 26.7 Å². The van der Waals surface area contributed by atoms with E-state index < -0.39 is 34.8 Å². The van der Waals surface area contributed by atoms with Crippen LogP contribution in [0.5, 0.6) is 0 Å². The summed E-state index contributed by atoms with van der Waals surface area (Å²) >= 11 is 0. The van der Waals surface area contributed by atoms with Crippen LogP contribution in [0.3, 0.4) is 0 Å². The summed E-state index contributed by atoms with van der Waals surface area (Å²) in [5.41, 5.74) is 4.56. The third-order valence-corrected chi connectivity index (χ3v) is 3.64. The molecule has 148 valence electrons. The van der Waals surface area contributed by atoms with E-state index >= 15 is 0 Å². The molecule has 28 heavy (non-hydrogen) atoms. The minimum absolute atomic E-state index is 0.0252. The lowest BCUT2D eigenvalue weighted by Crippen LogP contribution is -2.16. The molecular formula is C19H16F5N3O. The maximum atomic E-state index is 13.5. The summed E-state index contributed by atoms with van der Waals surface area (Å²) in [6.07, 6.45) is -2.21. The van der Waals surface area contributed by atoms with E-state index in [0.29, 0.717) is 5.56 Å². The number of halogens is 5. The van der Waals surface area contributed by atoms with Crippen LogP contribution in [0, 0.1) is 18.6 Å². The molecule has 0 saturated carbocycles. The number of nitrogens with two attached hydrogens (primary N) is 1. The predicted octanol–water partition coefficient (Wildman–Crippen LogP) is 4.09. The van der Waals surface area contributed by atoms with Crippen LogP contribution in [0.1, 0.15) is 27.0 Å². The molecule has 0 bridgehead atoms. The van der Waals surface area contributed by atoms with Gasteiger partial charge < -0.3 is 11.1 Å². The van der Waals surface area contributed by atoms with Gasteiger partial charge >= 0.3 is 6.18 Å². The molecular weight excluding hydrogens is 381 g/mol. The average Bonchev–Trinajstić information content (AvgIpc) is 2.57. The summed E-state index contributed by atoms with van der Waals surface area (Å²) in [5.74, 6) is -3.75. The number of benzene rings is 2. The van der Waals surface area contributed by atoms with Crippen molar-refractivity contribution in [3.8, 4) is 0 Å². The van der Waals surface area contributed by atoms with Crippen LogP contribution in [0.2, 0.25) is 0 Å². The van der Waals surface area contributed by atoms with E-state index in [9.17, 15) is 26.7 Å². The third-order valence-electron chi connectivity index (χ3n) is 3.64. The summed E-state index contributed by atoms with van der Waals surface area (Å²) < 4.78 is 66.0. The molecule has 0 aliphatic rings. The molecule has 0 unspecified atom stereocenters. The van der Waals surface area contributed by atoms with Crippen molar-refractivity contribution in [1.82, 2.24) is 5.32 Å². The van der Waals surface area contributed by atoms with Gasteiger partial charge in [-0.25, -0.2) is 8.78 Å². The minimum Gasteiger partial charge on any atom is -0.387 e. The van der Waals surface area contributed by atoms with E-state index in [1.165, 1.54) is 18.3 Å². The molecule has 2 aromatic rings. The molecule has 0 aromatic heterocycles. The number of amides is 1. The molecule has 2 aromatic carbocycles. The Kier molecular flexibility index (Phi) is 6.50. The number of nitrogens with one attached hydrogen (secondary N) is 1. The molecule has 1 amide bonds. The number of alkyl halides is 3. The van der Waals surface area contributed by atoms with Gasteiger partial charge in [0.15, 0.2) is 0 Å². The summed E-state index contributed by atoms with van der Waals surface area (Å²) in [4.78, 5) is 15.2. The first-order valence-electron chi connectivity index (χ1n) is 7.98. The number of rotatable bonds is 5. The SMILES string of the molecule is Cc1ccc(C(F)(F)F)c(CN/C=C\C(N)=NC(=O)c2c(F)cccc2F)c1. The number of hydrogen-bond donors (Lipinski definition) is 2. The van der Waals surface area contributed by atoms with E-state index in [0.717, 1.165) is 30.3 Å². The van der Waals surface area contributed by atoms with Gasteiger partial charge in [0.25, 0.3) is 5.91 Å². The van der Waals surface area contributed by atoms with E-state index in [-0.39, 0.29) is 17.9 Å². The monoisotopic (exact) mass is 397 g/mol. The van der Waals surface area contributed by atoms with Crippen LogP contribution in [-0.2, 0) is 12.7 Å². The lowest BCUT2D eigenvalue weighted by Gasteiger charge is -2.13. The van der Waals surface area contributed by atoms with Crippen molar-refractivity contribution in [2.75, 3.05) is 0 Å². The molecule has 0 atom stereocenters. The zero-order valence-corrected chi connectivity index (χ0v) is 14.6. The third kappa shape index (κ3) is 5.38. The molecule has 0 radical (unpaired) electrons. The second kappa shape index (κ2) is 8.64. The molecule has 9 heteroatoms. The largest absolute Gasteiger partial charge is 0.416 e. The van der Waals surface area contributed by atoms with Crippen molar-refractivity contribution in [3.63, 3.8) is 0 Å². The molecule has 0 aliphatic heterocycles. The summed E-state index contributed by atoms with van der Waals surface area (Å²) in [5, 5.41) is 2.61. The average molecular weight is 397 g/mol. The van der Waals surface area contributed by atoms with Crippen LogP contribution in [0.15, 0.2) is 53.7 Å². The molecule has 0 fully saturated rings. The summed E-state index contributed by atoms with van der Waals surface area (Å²) in [7, 11) is 0. The number of carbonyl (C=O) groups is 1. The van der Waals surface area contributed by atoms with Crippen molar-refractivity contribution >= 4 is 11.7 Å². The fraction of sp³-hybridized carbons (Fsp3) is 0.158. The van der Waals surface area contributed by atoms with E-state index in [4.69, 9.17) is 5.73 Å². The highest BCUT2D eigenvalue weighted by atomic mass is 19.4. The second-order valence-corrected chi connectivity index (χ2v) is 5.81. The molecule has 2 rings (SSSR count). The van der Waals surface area contributed by atoms with E-state index in [1.807, 2.05) is 0 Å². The maximum absolute atomic E-state index is 13.5. The molecule has 0 heterocycles. The van der Waals surface area contributed by atoms with Crippen LogP contribution in [0.25, 0.3) is 0 Å². The zero-order chi connectivity index (χ0) is 20.9. The molecule has 3 N–H and O–H groups in total. The highest BCUT2D eigenvalue weighted by Gasteiger charge is 2.32. The lowest BCUT2D eigenvalue weighted by atomic mass is 10.0. The minimum atomic E-state index is -4.49. The topological polar surface area (TPSA) is 67.5 Å². The number of amidine groups is 1. The molecule has 4 nitrogen and oxygen atoms in total. The first kappa shape index (κ1) is 21.1. The van der Waals surface area contributed by atoms with Gasteiger partial charge in [-0.05, 0) is 36.8 Å². The van der Waals surface area contributed by atoms with Crippen LogP contribution < -0.4 is 11.1 Å². The highest BCUT2D eigenvalue weighted by Crippen LogP contribution is 2.32. The Balaban J connectivity index is 2.07. The van der Waals surface area contributed by atoms with Gasteiger partial charge in [0.05, 0.1) is 5.56 Å². The lowest BCUT2D eigenvalue weighted by molar-refractivity contribution is -0.138. The predicted molar refractivity (Wildman–Crippen MR) is 94.5 cm³/mol. The van der Waals surface area contributed by atoms with Crippen molar-refractivity contribution in [2.45, 2.75) is 19.6 Å². The number of nitrogens with zero attached hydrogens (tertiary/aromatic N) is 1. The first-order valence-corrected chi connectivity index (χ1v) is 7.98. The summed E-state index contributed by atoms with van der Waals surface area (Å²) in [6, 6.07) is 6.65. The quantitative estimate of drug-likeness (QED) is 0.454. The van der Waals surface area contributed by atoms with Crippen LogP contribution in [-0.4, -0.2) is 11.7 Å². The van der Waals surface area contributed by atoms with Gasteiger partial charge in [-0.15, -0.1) is 0 Å². The van der Waals surface area contributed by atoms with Crippen LogP contribution in [0.4, 0.5) is 22.0 Å². The van der Waals surface area contributed by atoms with E-state index in [2.05, 4.69) is 10.3 Å². The normalized spacial score (nSPS) is 12.4. The van der Waals surface area contributed by atoms with Crippen molar-refractivity contribution in [2.24, 2.45) is 10.7 Å². The van der Waals surface area contributed by atoms with Gasteiger partial charge in [-0.3, -0.25) is 4.79 Å². The Hall–Kier alpha value is -3.23. The van der Waals surface area contributed by atoms with Gasteiger partial charge in [-0.2, -0.15) is 18.2 Å². The zero-order valence-electron chi connectivity index (χ0n) is 14.6.